The molecule has 0 radical (unpaired) electrons. The first-order valence-electron chi connectivity index (χ1n) is 16.2. The quantitative estimate of drug-likeness (QED) is 0.194. The van der Waals surface area contributed by atoms with Crippen molar-refractivity contribution in [2.75, 3.05) is 0 Å². The lowest BCUT2D eigenvalue weighted by atomic mass is 9.86. The fourth-order valence-corrected chi connectivity index (χ4v) is 6.50. The lowest BCUT2D eigenvalue weighted by Crippen LogP contribution is -2.11. The topological polar surface area (TPSA) is 58.6 Å². The van der Waals surface area contributed by atoms with Crippen molar-refractivity contribution in [1.29, 1.82) is 0 Å². The van der Waals surface area contributed by atoms with Gasteiger partial charge in [0.25, 0.3) is 0 Å². The summed E-state index contributed by atoms with van der Waals surface area (Å²) in [5, 5.41) is 15.3. The maximum atomic E-state index is 10.7. The van der Waals surface area contributed by atoms with Crippen LogP contribution in [-0.2, 0) is 5.41 Å². The summed E-state index contributed by atoms with van der Waals surface area (Å²) in [6.07, 6.45) is 1.72. The summed E-state index contributed by atoms with van der Waals surface area (Å²) in [5.74, 6) is 0.671. The molecule has 8 aromatic rings. The van der Waals surface area contributed by atoms with E-state index < -0.39 is 0 Å². The second-order valence-corrected chi connectivity index (χ2v) is 13.2. The highest BCUT2D eigenvalue weighted by Gasteiger charge is 2.21. The Morgan fingerprint density at radius 1 is 0.604 bits per heavy atom. The Morgan fingerprint density at radius 2 is 1.19 bits per heavy atom. The molecule has 232 valence electrons. The van der Waals surface area contributed by atoms with Crippen LogP contribution in [0.3, 0.4) is 0 Å². The average Bonchev–Trinajstić information content (AvgIpc) is 3.56. The zero-order valence-corrected chi connectivity index (χ0v) is 27.1. The molecule has 0 aliphatic carbocycles. The zero-order chi connectivity index (χ0) is 32.8. The summed E-state index contributed by atoms with van der Waals surface area (Å²) < 4.78 is 6.81. The molecule has 0 atom stereocenters. The van der Waals surface area contributed by atoms with Crippen LogP contribution in [0.5, 0.6) is 5.75 Å². The van der Waals surface area contributed by atoms with Crippen LogP contribution in [0.25, 0.3) is 66.4 Å². The number of benzene rings is 7. The fourth-order valence-electron chi connectivity index (χ4n) is 6.50. The minimum absolute atomic E-state index is 0.0596. The summed E-state index contributed by atoms with van der Waals surface area (Å²) in [6, 6.07) is 47.5. The van der Waals surface area contributed by atoms with E-state index in [1.54, 1.807) is 12.3 Å². The Balaban J connectivity index is 1.34. The van der Waals surface area contributed by atoms with Crippen molar-refractivity contribution in [3.05, 3.63) is 151 Å². The predicted octanol–water partition coefficient (Wildman–Crippen LogP) is 11.9. The van der Waals surface area contributed by atoms with Crippen LogP contribution >= 0.6 is 0 Å². The van der Waals surface area contributed by atoms with Crippen molar-refractivity contribution in [2.45, 2.75) is 26.2 Å². The third kappa shape index (κ3) is 5.22. The summed E-state index contributed by atoms with van der Waals surface area (Å²) in [4.78, 5) is 10.1. The van der Waals surface area contributed by atoms with Gasteiger partial charge in [-0.05, 0) is 74.0 Å². The molecule has 0 saturated carbocycles. The van der Waals surface area contributed by atoms with E-state index in [4.69, 9.17) is 14.4 Å². The molecule has 0 spiro atoms. The molecule has 0 bridgehead atoms. The predicted molar refractivity (Wildman–Crippen MR) is 199 cm³/mol. The molecule has 0 unspecified atom stereocenters. The van der Waals surface area contributed by atoms with Gasteiger partial charge in [-0.3, -0.25) is 4.99 Å². The van der Waals surface area contributed by atoms with E-state index in [9.17, 15) is 5.11 Å². The first kappa shape index (κ1) is 29.4. The summed E-state index contributed by atoms with van der Waals surface area (Å²) in [5.41, 5.74) is 8.88. The number of phenolic OH excluding ortho intramolecular Hbond substituents is 1. The molecule has 0 saturated heterocycles. The Bertz CT molecular complexity index is 2390. The van der Waals surface area contributed by atoms with Gasteiger partial charge in [0.2, 0.25) is 5.89 Å². The summed E-state index contributed by atoms with van der Waals surface area (Å²) in [6.45, 7) is 6.46. The SMILES string of the molecule is CC(C)(C)c1ccc(O)c(C=Nc2ccccc2-c2nc3c(-c4cccc5ccccc45)ccc(-c4cccc5ccccc45)c3o2)c1. The number of hydrogen-bond acceptors (Lipinski definition) is 4. The third-order valence-electron chi connectivity index (χ3n) is 9.07. The van der Waals surface area contributed by atoms with Crippen LogP contribution in [-0.4, -0.2) is 16.3 Å². The van der Waals surface area contributed by atoms with Gasteiger partial charge in [-0.1, -0.05) is 130 Å². The molecule has 8 rings (SSSR count). The lowest BCUT2D eigenvalue weighted by molar-refractivity contribution is 0.473. The largest absolute Gasteiger partial charge is 0.507 e. The Kier molecular flexibility index (Phi) is 7.14. The molecule has 1 aromatic heterocycles. The number of aromatic hydroxyl groups is 1. The van der Waals surface area contributed by atoms with Gasteiger partial charge in [-0.15, -0.1) is 0 Å². The van der Waals surface area contributed by atoms with Crippen LogP contribution in [0.2, 0.25) is 0 Å². The molecule has 1 heterocycles. The molecule has 7 aromatic carbocycles. The first-order chi connectivity index (χ1) is 23.3. The van der Waals surface area contributed by atoms with Crippen LogP contribution < -0.4 is 0 Å². The highest BCUT2D eigenvalue weighted by atomic mass is 16.3. The Hall–Kier alpha value is -6.00. The van der Waals surface area contributed by atoms with Gasteiger partial charge in [0, 0.05) is 22.9 Å². The Morgan fingerprint density at radius 3 is 1.90 bits per heavy atom. The highest BCUT2D eigenvalue weighted by Crippen LogP contribution is 2.43. The normalized spacial score (nSPS) is 12.1. The second-order valence-electron chi connectivity index (χ2n) is 13.2. The van der Waals surface area contributed by atoms with Gasteiger partial charge in [0.15, 0.2) is 5.58 Å². The van der Waals surface area contributed by atoms with Crippen LogP contribution in [0.1, 0.15) is 31.9 Å². The number of para-hydroxylation sites is 1. The van der Waals surface area contributed by atoms with Crippen molar-refractivity contribution in [3.8, 4) is 39.5 Å². The van der Waals surface area contributed by atoms with Gasteiger partial charge < -0.3 is 9.52 Å². The lowest BCUT2D eigenvalue weighted by Gasteiger charge is -2.19. The molecule has 1 N–H and O–H groups in total. The van der Waals surface area contributed by atoms with E-state index in [1.807, 2.05) is 36.4 Å². The number of nitrogens with zero attached hydrogens (tertiary/aromatic N) is 2. The van der Waals surface area contributed by atoms with E-state index in [1.165, 1.54) is 10.8 Å². The average molecular weight is 623 g/mol. The minimum Gasteiger partial charge on any atom is -0.507 e. The van der Waals surface area contributed by atoms with Crippen molar-refractivity contribution >= 4 is 44.5 Å². The second kappa shape index (κ2) is 11.7. The molecular formula is C44H34N2O2. The van der Waals surface area contributed by atoms with Crippen molar-refractivity contribution in [3.63, 3.8) is 0 Å². The number of aliphatic imine (C=N–C) groups is 1. The van der Waals surface area contributed by atoms with E-state index >= 15 is 0 Å². The van der Waals surface area contributed by atoms with Crippen molar-refractivity contribution < 1.29 is 9.52 Å². The van der Waals surface area contributed by atoms with E-state index in [0.717, 1.165) is 55.3 Å². The maximum absolute atomic E-state index is 10.7. The number of rotatable bonds is 5. The van der Waals surface area contributed by atoms with Gasteiger partial charge in [0.1, 0.15) is 11.3 Å². The molecule has 4 heteroatoms. The number of phenols is 1. The molecular weight excluding hydrogens is 588 g/mol. The number of hydrogen-bond donors (Lipinski definition) is 1. The van der Waals surface area contributed by atoms with Gasteiger partial charge in [-0.25, -0.2) is 4.98 Å². The van der Waals surface area contributed by atoms with Crippen LogP contribution in [0.15, 0.2) is 149 Å². The minimum atomic E-state index is -0.0596. The summed E-state index contributed by atoms with van der Waals surface area (Å²) >= 11 is 0. The van der Waals surface area contributed by atoms with Crippen LogP contribution in [0, 0.1) is 0 Å². The van der Waals surface area contributed by atoms with Gasteiger partial charge in [0.05, 0.1) is 11.3 Å². The summed E-state index contributed by atoms with van der Waals surface area (Å²) in [7, 11) is 0. The molecule has 0 aliphatic rings. The highest BCUT2D eigenvalue weighted by molar-refractivity contribution is 6.10. The fraction of sp³-hybridized carbons (Fsp3) is 0.0909. The van der Waals surface area contributed by atoms with Crippen molar-refractivity contribution in [2.24, 2.45) is 4.99 Å². The number of fused-ring (bicyclic) bond motifs is 3. The zero-order valence-electron chi connectivity index (χ0n) is 27.1. The van der Waals surface area contributed by atoms with E-state index in [2.05, 4.69) is 118 Å². The monoisotopic (exact) mass is 622 g/mol. The first-order valence-corrected chi connectivity index (χ1v) is 16.2. The maximum Gasteiger partial charge on any atom is 0.229 e. The standard InChI is InChI=1S/C44H34N2O2/c1-44(2,3)31-22-25-40(47)30(26-31)27-45-39-21-9-8-18-38(39)43-46-41-36(34-19-10-14-28-12-4-6-16-32(28)34)23-24-37(42(41)48-43)35-20-11-15-29-13-5-7-17-33(29)35/h4-27,47H,1-3H3. The van der Waals surface area contributed by atoms with Gasteiger partial charge in [-0.2, -0.15) is 0 Å². The molecule has 0 fully saturated rings. The van der Waals surface area contributed by atoms with E-state index in [-0.39, 0.29) is 11.2 Å². The molecule has 48 heavy (non-hydrogen) atoms. The smallest absolute Gasteiger partial charge is 0.229 e. The Labute approximate surface area is 279 Å². The van der Waals surface area contributed by atoms with E-state index in [0.29, 0.717) is 17.1 Å². The van der Waals surface area contributed by atoms with Crippen LogP contribution in [0.4, 0.5) is 5.69 Å². The third-order valence-corrected chi connectivity index (χ3v) is 9.07. The van der Waals surface area contributed by atoms with Crippen molar-refractivity contribution in [1.82, 2.24) is 4.98 Å². The number of aromatic nitrogens is 1. The molecule has 0 aliphatic heterocycles. The number of oxazole rings is 1. The van der Waals surface area contributed by atoms with Gasteiger partial charge >= 0.3 is 0 Å². The molecule has 0 amide bonds. The molecule has 4 nitrogen and oxygen atoms in total.